The first kappa shape index (κ1) is 24.5. The monoisotopic (exact) mass is 525 g/mol. The molecule has 2 aliphatic rings. The lowest BCUT2D eigenvalue weighted by Crippen LogP contribution is -2.15. The van der Waals surface area contributed by atoms with E-state index in [0.29, 0.717) is 10.6 Å². The van der Waals surface area contributed by atoms with E-state index in [1.54, 1.807) is 11.3 Å². The van der Waals surface area contributed by atoms with Gasteiger partial charge in [-0.1, -0.05) is 25.1 Å². The number of hydrogen-bond donors (Lipinski definition) is 1. The summed E-state index contributed by atoms with van der Waals surface area (Å²) in [5.41, 5.74) is 4.44. The number of nitrogens with zero attached hydrogens (tertiary/aromatic N) is 4. The second-order valence-electron chi connectivity index (χ2n) is 9.89. The Morgan fingerprint density at radius 3 is 2.86 bits per heavy atom. The lowest BCUT2D eigenvalue weighted by Gasteiger charge is -2.19. The Labute approximate surface area is 219 Å². The van der Waals surface area contributed by atoms with E-state index in [9.17, 15) is 10.1 Å². The summed E-state index contributed by atoms with van der Waals surface area (Å²) in [5, 5.41) is 25.5. The van der Waals surface area contributed by atoms with Crippen LogP contribution in [0.15, 0.2) is 10.5 Å². The molecule has 0 bridgehead atoms. The Morgan fingerprint density at radius 2 is 2.06 bits per heavy atom. The number of nitrogens with one attached hydrogen (secondary N) is 1. The molecule has 9 heteroatoms. The molecule has 1 amide bonds. The number of rotatable bonds is 6. The minimum Gasteiger partial charge on any atom is -0.316 e. The number of thioether (sulfide) groups is 1. The first-order valence-electron chi connectivity index (χ1n) is 12.5. The number of anilines is 1. The van der Waals surface area contributed by atoms with Gasteiger partial charge in [-0.15, -0.1) is 32.9 Å². The van der Waals surface area contributed by atoms with Gasteiger partial charge in [-0.3, -0.25) is 9.36 Å². The molecule has 0 saturated carbocycles. The van der Waals surface area contributed by atoms with Crippen LogP contribution in [-0.2, 0) is 30.5 Å². The smallest absolute Gasteiger partial charge is 0.235 e. The van der Waals surface area contributed by atoms with Gasteiger partial charge in [0.25, 0.3) is 0 Å². The van der Waals surface area contributed by atoms with Crippen molar-refractivity contribution < 1.29 is 4.79 Å². The van der Waals surface area contributed by atoms with Crippen LogP contribution in [0.3, 0.4) is 0 Å². The van der Waals surface area contributed by atoms with Crippen molar-refractivity contribution in [3.05, 3.63) is 31.8 Å². The average molecular weight is 526 g/mol. The van der Waals surface area contributed by atoms with Gasteiger partial charge in [0.2, 0.25) is 5.91 Å². The van der Waals surface area contributed by atoms with Crippen LogP contribution < -0.4 is 5.32 Å². The van der Waals surface area contributed by atoms with Crippen molar-refractivity contribution in [2.24, 2.45) is 5.92 Å². The van der Waals surface area contributed by atoms with E-state index in [4.69, 9.17) is 0 Å². The van der Waals surface area contributed by atoms with Crippen LogP contribution in [0.5, 0.6) is 0 Å². The number of aromatic nitrogens is 3. The Balaban J connectivity index is 1.32. The summed E-state index contributed by atoms with van der Waals surface area (Å²) >= 11 is 4.83. The van der Waals surface area contributed by atoms with Gasteiger partial charge in [-0.05, 0) is 75.8 Å². The third-order valence-corrected chi connectivity index (χ3v) is 10.1. The maximum absolute atomic E-state index is 12.9. The van der Waals surface area contributed by atoms with E-state index in [-0.39, 0.29) is 17.7 Å². The molecule has 1 N–H and O–H groups in total. The summed E-state index contributed by atoms with van der Waals surface area (Å²) in [6.45, 7) is 6.59. The number of fused-ring (bicyclic) bond motifs is 2. The van der Waals surface area contributed by atoms with E-state index < -0.39 is 0 Å². The SMILES string of the molecule is CC1CCc2c(-c3nnc(SCC(=O)Nc4sc5c(c4C#N)CCCCC5)n3C(C)C)csc2C1. The minimum atomic E-state index is -0.107. The van der Waals surface area contributed by atoms with Gasteiger partial charge >= 0.3 is 0 Å². The van der Waals surface area contributed by atoms with Crippen molar-refractivity contribution in [1.82, 2.24) is 14.8 Å². The van der Waals surface area contributed by atoms with E-state index in [2.05, 4.69) is 52.3 Å². The Hall–Kier alpha value is -2.15. The van der Waals surface area contributed by atoms with Crippen LogP contribution in [0.1, 0.15) is 78.9 Å². The number of aryl methyl sites for hydroxylation is 1. The molecule has 0 saturated heterocycles. The van der Waals surface area contributed by atoms with Crippen molar-refractivity contribution in [3.8, 4) is 17.5 Å². The number of nitriles is 1. The topological polar surface area (TPSA) is 83.6 Å². The first-order valence-corrected chi connectivity index (χ1v) is 15.2. The molecule has 0 aromatic carbocycles. The predicted molar refractivity (Wildman–Crippen MR) is 145 cm³/mol. The van der Waals surface area contributed by atoms with Crippen LogP contribution in [0.4, 0.5) is 5.00 Å². The summed E-state index contributed by atoms with van der Waals surface area (Å²) in [5.74, 6) is 1.77. The van der Waals surface area contributed by atoms with Gasteiger partial charge in [-0.25, -0.2) is 0 Å². The van der Waals surface area contributed by atoms with Gasteiger partial charge in [-0.2, -0.15) is 5.26 Å². The van der Waals surface area contributed by atoms with Crippen LogP contribution >= 0.6 is 34.4 Å². The lowest BCUT2D eigenvalue weighted by molar-refractivity contribution is -0.113. The number of hydrogen-bond acceptors (Lipinski definition) is 7. The molecule has 0 aliphatic heterocycles. The molecule has 3 aromatic rings. The first-order chi connectivity index (χ1) is 17.0. The molecule has 3 heterocycles. The van der Waals surface area contributed by atoms with E-state index in [0.717, 1.165) is 61.0 Å². The van der Waals surface area contributed by atoms with Crippen molar-refractivity contribution in [1.29, 1.82) is 5.26 Å². The number of thiophene rings is 2. The molecule has 0 spiro atoms. The van der Waals surface area contributed by atoms with Gasteiger partial charge in [0.05, 0.1) is 11.3 Å². The normalized spacial score (nSPS) is 17.5. The molecule has 3 aromatic heterocycles. The Kier molecular flexibility index (Phi) is 7.33. The van der Waals surface area contributed by atoms with Crippen molar-refractivity contribution in [2.75, 3.05) is 11.1 Å². The molecule has 2 aliphatic carbocycles. The van der Waals surface area contributed by atoms with Crippen LogP contribution in [0.2, 0.25) is 0 Å². The molecular formula is C26H31N5OS3. The van der Waals surface area contributed by atoms with E-state index in [1.807, 2.05) is 11.3 Å². The minimum absolute atomic E-state index is 0.107. The Morgan fingerprint density at radius 1 is 1.23 bits per heavy atom. The maximum atomic E-state index is 12.9. The zero-order valence-electron chi connectivity index (χ0n) is 20.5. The molecule has 35 heavy (non-hydrogen) atoms. The van der Waals surface area contributed by atoms with E-state index >= 15 is 0 Å². The maximum Gasteiger partial charge on any atom is 0.235 e. The van der Waals surface area contributed by atoms with Crippen molar-refractivity contribution in [2.45, 2.75) is 83.3 Å². The summed E-state index contributed by atoms with van der Waals surface area (Å²) < 4.78 is 2.16. The molecular weight excluding hydrogens is 495 g/mol. The molecule has 1 unspecified atom stereocenters. The molecule has 0 fully saturated rings. The number of carbonyl (C=O) groups excluding carboxylic acids is 1. The fourth-order valence-electron chi connectivity index (χ4n) is 5.13. The average Bonchev–Trinajstić information content (AvgIpc) is 3.47. The highest BCUT2D eigenvalue weighted by molar-refractivity contribution is 7.99. The molecule has 6 nitrogen and oxygen atoms in total. The summed E-state index contributed by atoms with van der Waals surface area (Å²) in [4.78, 5) is 15.6. The zero-order chi connectivity index (χ0) is 24.5. The van der Waals surface area contributed by atoms with Crippen molar-refractivity contribution >= 4 is 45.3 Å². The highest BCUT2D eigenvalue weighted by atomic mass is 32.2. The highest BCUT2D eigenvalue weighted by Crippen LogP contribution is 2.40. The van der Waals surface area contributed by atoms with Crippen molar-refractivity contribution in [3.63, 3.8) is 0 Å². The fourth-order valence-corrected chi connectivity index (χ4v) is 8.50. The molecule has 184 valence electrons. The number of amides is 1. The third kappa shape index (κ3) is 4.93. The summed E-state index contributed by atoms with van der Waals surface area (Å²) in [7, 11) is 0. The van der Waals surface area contributed by atoms with Gasteiger partial charge < -0.3 is 5.32 Å². The second-order valence-corrected chi connectivity index (χ2v) is 12.9. The predicted octanol–water partition coefficient (Wildman–Crippen LogP) is 6.65. The van der Waals surface area contributed by atoms with Gasteiger partial charge in [0.15, 0.2) is 11.0 Å². The molecule has 0 radical (unpaired) electrons. The van der Waals surface area contributed by atoms with Gasteiger partial charge in [0.1, 0.15) is 11.1 Å². The molecule has 5 rings (SSSR count). The van der Waals surface area contributed by atoms with Gasteiger partial charge in [0, 0.05) is 26.7 Å². The largest absolute Gasteiger partial charge is 0.316 e. The van der Waals surface area contributed by atoms with Crippen LogP contribution in [0, 0.1) is 17.2 Å². The Bertz CT molecular complexity index is 1280. The fraction of sp³-hybridized carbons (Fsp3) is 0.538. The number of carbonyl (C=O) groups is 1. The van der Waals surface area contributed by atoms with E-state index in [1.165, 1.54) is 45.5 Å². The van der Waals surface area contributed by atoms with Crippen LogP contribution in [-0.4, -0.2) is 26.4 Å². The summed E-state index contributed by atoms with van der Waals surface area (Å²) in [6.07, 6.45) is 8.87. The third-order valence-electron chi connectivity index (χ3n) is 6.94. The zero-order valence-corrected chi connectivity index (χ0v) is 23.0. The molecule has 1 atom stereocenters. The van der Waals surface area contributed by atoms with Crippen LogP contribution in [0.25, 0.3) is 11.4 Å². The quantitative estimate of drug-likeness (QED) is 0.288. The summed E-state index contributed by atoms with van der Waals surface area (Å²) in [6, 6.07) is 2.53. The lowest BCUT2D eigenvalue weighted by atomic mass is 9.88. The second kappa shape index (κ2) is 10.5. The standard InChI is InChI=1S/C26H31N5OS3/c1-15(2)31-24(20-13-33-22-11-16(3)9-10-18(20)22)29-30-26(31)34-14-23(32)28-25-19(12-27)17-7-5-4-6-8-21(17)35-25/h13,15-16H,4-11,14H2,1-3H3,(H,28,32). The highest BCUT2D eigenvalue weighted by Gasteiger charge is 2.26.